The third-order valence-electron chi connectivity index (χ3n) is 3.28. The quantitative estimate of drug-likeness (QED) is 0.846. The van der Waals surface area contributed by atoms with Gasteiger partial charge in [0.2, 0.25) is 0 Å². The average Bonchev–Trinajstić information content (AvgIpc) is 2.96. The van der Waals surface area contributed by atoms with Crippen molar-refractivity contribution in [1.82, 2.24) is 4.98 Å². The Morgan fingerprint density at radius 1 is 1.38 bits per heavy atom. The van der Waals surface area contributed by atoms with E-state index < -0.39 is 0 Å². The number of ether oxygens (including phenoxy) is 1. The van der Waals surface area contributed by atoms with Gasteiger partial charge in [-0.3, -0.25) is 0 Å². The van der Waals surface area contributed by atoms with Crippen LogP contribution in [-0.4, -0.2) is 29.0 Å². The van der Waals surface area contributed by atoms with E-state index in [9.17, 15) is 5.11 Å². The first kappa shape index (κ1) is 18.0. The van der Waals surface area contributed by atoms with Gasteiger partial charge in [-0.2, -0.15) is 0 Å². The van der Waals surface area contributed by atoms with Crippen molar-refractivity contribution in [2.24, 2.45) is 10.9 Å². The molecule has 2 heterocycles. The fourth-order valence-electron chi connectivity index (χ4n) is 2.12. The number of aromatic nitrogens is 1. The first-order chi connectivity index (χ1) is 11.4. The summed E-state index contributed by atoms with van der Waals surface area (Å²) in [6, 6.07) is 0.306. The molecule has 0 radical (unpaired) electrons. The van der Waals surface area contributed by atoms with Crippen LogP contribution >= 0.6 is 11.3 Å². The maximum absolute atomic E-state index is 9.90. The largest absolute Gasteiger partial charge is 0.508 e. The van der Waals surface area contributed by atoms with E-state index in [0.29, 0.717) is 17.5 Å². The molecule has 1 aliphatic heterocycles. The Balaban J connectivity index is 2.46. The third kappa shape index (κ3) is 4.83. The van der Waals surface area contributed by atoms with Gasteiger partial charge in [0, 0.05) is 29.5 Å². The van der Waals surface area contributed by atoms with Crippen LogP contribution in [0.1, 0.15) is 26.5 Å². The molecular weight excluding hydrogens is 322 g/mol. The summed E-state index contributed by atoms with van der Waals surface area (Å²) in [5.74, 6) is 0.834. The maximum atomic E-state index is 9.90. The summed E-state index contributed by atoms with van der Waals surface area (Å²) < 4.78 is 5.49. The molecule has 0 fully saturated rings. The van der Waals surface area contributed by atoms with E-state index in [4.69, 9.17) is 4.74 Å². The van der Waals surface area contributed by atoms with Gasteiger partial charge in [-0.15, -0.1) is 11.3 Å². The van der Waals surface area contributed by atoms with E-state index in [1.165, 1.54) is 17.4 Å². The number of methoxy groups -OCH3 is 1. The first-order valence-corrected chi connectivity index (χ1v) is 8.61. The van der Waals surface area contributed by atoms with Crippen LogP contribution in [0.4, 0.5) is 5.13 Å². The zero-order valence-electron chi connectivity index (χ0n) is 14.4. The number of hydrogen-bond donors (Lipinski definition) is 2. The summed E-state index contributed by atoms with van der Waals surface area (Å²) in [6.07, 6.45) is 6.88. The molecule has 1 aromatic rings. The Morgan fingerprint density at radius 3 is 2.79 bits per heavy atom. The Hall–Kier alpha value is -2.34. The zero-order valence-corrected chi connectivity index (χ0v) is 15.2. The van der Waals surface area contributed by atoms with Crippen molar-refractivity contribution in [2.75, 3.05) is 12.4 Å². The highest BCUT2D eigenvalue weighted by Gasteiger charge is 2.14. The van der Waals surface area contributed by atoms with Gasteiger partial charge in [0.25, 0.3) is 0 Å². The van der Waals surface area contributed by atoms with Crippen molar-refractivity contribution in [3.63, 3.8) is 0 Å². The van der Waals surface area contributed by atoms with Crippen molar-refractivity contribution < 1.29 is 9.84 Å². The van der Waals surface area contributed by atoms with Gasteiger partial charge >= 0.3 is 0 Å². The molecule has 1 aromatic heterocycles. The molecule has 0 saturated heterocycles. The van der Waals surface area contributed by atoms with Gasteiger partial charge in [0.1, 0.15) is 17.2 Å². The van der Waals surface area contributed by atoms with Crippen LogP contribution in [0.2, 0.25) is 0 Å². The van der Waals surface area contributed by atoms with Crippen molar-refractivity contribution in [2.45, 2.75) is 26.8 Å². The number of aliphatic hydroxyl groups excluding tert-OH is 1. The zero-order chi connectivity index (χ0) is 17.7. The van der Waals surface area contributed by atoms with Crippen LogP contribution in [-0.2, 0) is 4.74 Å². The Kier molecular flexibility index (Phi) is 5.98. The number of hydrogen-bond acceptors (Lipinski definition) is 6. The number of aliphatic imine (C=N–C) groups is 1. The second kappa shape index (κ2) is 7.97. The summed E-state index contributed by atoms with van der Waals surface area (Å²) >= 11 is 1.52. The minimum absolute atomic E-state index is 0.00555. The lowest BCUT2D eigenvalue weighted by molar-refractivity contribution is 0.262. The van der Waals surface area contributed by atoms with E-state index in [0.717, 1.165) is 16.6 Å². The predicted molar refractivity (Wildman–Crippen MR) is 101 cm³/mol. The number of anilines is 1. The lowest BCUT2D eigenvalue weighted by Gasteiger charge is -2.12. The van der Waals surface area contributed by atoms with E-state index in [2.05, 4.69) is 35.7 Å². The Morgan fingerprint density at radius 2 is 2.12 bits per heavy atom. The first-order valence-electron chi connectivity index (χ1n) is 7.73. The lowest BCUT2D eigenvalue weighted by atomic mass is 10.1. The molecule has 128 valence electrons. The second-order valence-corrected chi connectivity index (χ2v) is 6.65. The highest BCUT2D eigenvalue weighted by Crippen LogP contribution is 2.22. The smallest absolute Gasteiger partial charge is 0.183 e. The van der Waals surface area contributed by atoms with Gasteiger partial charge in [-0.25, -0.2) is 9.98 Å². The minimum Gasteiger partial charge on any atom is -0.508 e. The minimum atomic E-state index is -0.00555. The number of allylic oxidation sites excluding steroid dienone is 4. The maximum Gasteiger partial charge on any atom is 0.183 e. The molecule has 0 bridgehead atoms. The number of nitrogens with one attached hydrogen (secondary N) is 1. The van der Waals surface area contributed by atoms with Crippen molar-refractivity contribution in [1.29, 1.82) is 0 Å². The van der Waals surface area contributed by atoms with Crippen LogP contribution in [0.5, 0.6) is 0 Å². The molecule has 0 saturated carbocycles. The molecule has 0 spiro atoms. The second-order valence-electron chi connectivity index (χ2n) is 5.79. The molecule has 1 atom stereocenters. The van der Waals surface area contributed by atoms with Gasteiger partial charge in [-0.1, -0.05) is 19.6 Å². The monoisotopic (exact) mass is 345 g/mol. The molecular formula is C18H23N3O2S. The third-order valence-corrected chi connectivity index (χ3v) is 4.05. The molecule has 2 rings (SSSR count). The van der Waals surface area contributed by atoms with Crippen molar-refractivity contribution in [3.8, 4) is 0 Å². The van der Waals surface area contributed by atoms with E-state index in [1.807, 2.05) is 24.5 Å². The van der Waals surface area contributed by atoms with Crippen molar-refractivity contribution in [3.05, 3.63) is 59.2 Å². The fourth-order valence-corrected chi connectivity index (χ4v) is 2.97. The molecule has 5 nitrogen and oxygen atoms in total. The fraction of sp³-hybridized carbons (Fsp3) is 0.333. The SMILES string of the molecule is C=C1/C=C(O)\C=C/C(C)/C(OC)=C\C(c2csc(NC(C)C)n2)=N1. The van der Waals surface area contributed by atoms with E-state index in [-0.39, 0.29) is 11.7 Å². The van der Waals surface area contributed by atoms with Crippen LogP contribution < -0.4 is 5.32 Å². The Labute approximate surface area is 146 Å². The topological polar surface area (TPSA) is 66.7 Å². The number of nitrogens with zero attached hydrogens (tertiary/aromatic N) is 2. The standard InChI is InChI=1S/C18H23N3O2S/c1-11(2)19-18-21-16(10-24-18)15-9-17(23-5)12(3)6-7-14(22)8-13(4)20-15/h6-12,22H,4H2,1-3,5H3,(H,19,21)/b7-6-,14-8+,17-9+,20-15?. The summed E-state index contributed by atoms with van der Waals surface area (Å²) in [4.78, 5) is 9.08. The van der Waals surface area contributed by atoms with E-state index >= 15 is 0 Å². The average molecular weight is 345 g/mol. The van der Waals surface area contributed by atoms with Crippen LogP contribution in [0.3, 0.4) is 0 Å². The molecule has 6 heteroatoms. The molecule has 24 heavy (non-hydrogen) atoms. The summed E-state index contributed by atoms with van der Waals surface area (Å²) in [7, 11) is 1.62. The van der Waals surface area contributed by atoms with Crippen LogP contribution in [0, 0.1) is 5.92 Å². The summed E-state index contributed by atoms with van der Waals surface area (Å²) in [5, 5.41) is 16.0. The molecule has 1 unspecified atom stereocenters. The van der Waals surface area contributed by atoms with Gasteiger partial charge < -0.3 is 15.2 Å². The van der Waals surface area contributed by atoms with Gasteiger partial charge in [0.15, 0.2) is 5.13 Å². The molecule has 2 N–H and O–H groups in total. The molecule has 1 aliphatic rings. The number of aliphatic hydroxyl groups is 1. The molecule has 0 amide bonds. The van der Waals surface area contributed by atoms with Gasteiger partial charge in [-0.05, 0) is 19.9 Å². The summed E-state index contributed by atoms with van der Waals surface area (Å²) in [6.45, 7) is 9.99. The highest BCUT2D eigenvalue weighted by atomic mass is 32.1. The van der Waals surface area contributed by atoms with Crippen LogP contribution in [0.15, 0.2) is 58.5 Å². The number of thiazole rings is 1. The number of rotatable bonds is 4. The highest BCUT2D eigenvalue weighted by molar-refractivity contribution is 7.13. The van der Waals surface area contributed by atoms with Crippen LogP contribution in [0.25, 0.3) is 0 Å². The lowest BCUT2D eigenvalue weighted by Crippen LogP contribution is -2.10. The summed E-state index contributed by atoms with van der Waals surface area (Å²) in [5.41, 5.74) is 1.83. The predicted octanol–water partition coefficient (Wildman–Crippen LogP) is 4.44. The molecule has 0 aliphatic carbocycles. The normalized spacial score (nSPS) is 24.5. The van der Waals surface area contributed by atoms with E-state index in [1.54, 1.807) is 13.2 Å². The molecule has 0 aromatic carbocycles. The van der Waals surface area contributed by atoms with Gasteiger partial charge in [0.05, 0.1) is 18.5 Å². The van der Waals surface area contributed by atoms with Crippen molar-refractivity contribution >= 4 is 22.2 Å². The Bertz CT molecular complexity index is 726.